The monoisotopic (exact) mass is 298 g/mol. The van der Waals surface area contributed by atoms with Crippen LogP contribution in [0.4, 0.5) is 11.5 Å². The van der Waals surface area contributed by atoms with Gasteiger partial charge in [0.05, 0.1) is 4.92 Å². The zero-order chi connectivity index (χ0) is 15.9. The van der Waals surface area contributed by atoms with Crippen LogP contribution in [-0.4, -0.2) is 25.4 Å². The van der Waals surface area contributed by atoms with Crippen molar-refractivity contribution in [2.24, 2.45) is 0 Å². The summed E-state index contributed by atoms with van der Waals surface area (Å²) in [5.74, 6) is -0.903. The molecule has 0 radical (unpaired) electrons. The van der Waals surface area contributed by atoms with Gasteiger partial charge in [-0.1, -0.05) is 12.1 Å². The molecular weight excluding hydrogens is 288 g/mol. The number of hydrogen-bond donors (Lipinski definition) is 2. The van der Waals surface area contributed by atoms with E-state index >= 15 is 0 Å². The fraction of sp³-hybridized carbons (Fsp3) is 0. The van der Waals surface area contributed by atoms with Crippen molar-refractivity contribution in [2.75, 3.05) is 5.73 Å². The van der Waals surface area contributed by atoms with Crippen molar-refractivity contribution in [1.29, 1.82) is 0 Å². The van der Waals surface area contributed by atoms with Crippen molar-refractivity contribution >= 4 is 23.1 Å². The molecule has 0 unspecified atom stereocenters. The number of nitro groups is 1. The standard InChI is InChI=1S/C14H10N4O4/c15-12-11(8-3-1-4-9(7-8)18(21)22)16-13-10(14(19)20)5-2-6-17(12)13/h1-7H,15H2,(H,19,20). The van der Waals surface area contributed by atoms with Gasteiger partial charge in [-0.25, -0.2) is 9.78 Å². The highest BCUT2D eigenvalue weighted by Gasteiger charge is 2.18. The molecule has 0 atom stereocenters. The molecule has 0 aliphatic rings. The number of hydrogen-bond acceptors (Lipinski definition) is 5. The van der Waals surface area contributed by atoms with E-state index in [4.69, 9.17) is 5.73 Å². The van der Waals surface area contributed by atoms with Crippen LogP contribution in [0.25, 0.3) is 16.9 Å². The zero-order valence-electron chi connectivity index (χ0n) is 11.1. The van der Waals surface area contributed by atoms with Gasteiger partial charge in [-0.3, -0.25) is 14.5 Å². The number of anilines is 1. The van der Waals surface area contributed by atoms with Crippen LogP contribution in [0.5, 0.6) is 0 Å². The number of aromatic nitrogens is 2. The summed E-state index contributed by atoms with van der Waals surface area (Å²) in [6.07, 6.45) is 1.59. The van der Waals surface area contributed by atoms with Crippen molar-refractivity contribution < 1.29 is 14.8 Å². The maximum atomic E-state index is 11.2. The summed E-state index contributed by atoms with van der Waals surface area (Å²) in [6.45, 7) is 0. The number of rotatable bonds is 3. The first-order chi connectivity index (χ1) is 10.5. The number of carboxylic acid groups (broad SMARTS) is 1. The van der Waals surface area contributed by atoms with Crippen LogP contribution < -0.4 is 5.73 Å². The quantitative estimate of drug-likeness (QED) is 0.564. The summed E-state index contributed by atoms with van der Waals surface area (Å²) >= 11 is 0. The van der Waals surface area contributed by atoms with Crippen LogP contribution in [0.1, 0.15) is 10.4 Å². The lowest BCUT2D eigenvalue weighted by atomic mass is 10.1. The highest BCUT2D eigenvalue weighted by Crippen LogP contribution is 2.29. The number of pyridine rings is 1. The molecule has 0 aliphatic heterocycles. The van der Waals surface area contributed by atoms with E-state index in [1.165, 1.54) is 28.7 Å². The summed E-state index contributed by atoms with van der Waals surface area (Å²) in [5, 5.41) is 20.0. The molecule has 0 saturated heterocycles. The number of carbonyl (C=O) groups is 1. The molecule has 0 amide bonds. The number of fused-ring (bicyclic) bond motifs is 1. The Balaban J connectivity index is 2.26. The number of nitrogens with zero attached hydrogens (tertiary/aromatic N) is 3. The van der Waals surface area contributed by atoms with E-state index in [1.807, 2.05) is 0 Å². The first-order valence-corrected chi connectivity index (χ1v) is 6.23. The molecular formula is C14H10N4O4. The maximum Gasteiger partial charge on any atom is 0.339 e. The van der Waals surface area contributed by atoms with Crippen molar-refractivity contribution in [1.82, 2.24) is 9.38 Å². The Morgan fingerprint density at radius 3 is 2.77 bits per heavy atom. The fourth-order valence-corrected chi connectivity index (χ4v) is 2.23. The topological polar surface area (TPSA) is 124 Å². The number of nitrogen functional groups attached to an aromatic ring is 1. The lowest BCUT2D eigenvalue weighted by molar-refractivity contribution is -0.384. The molecule has 0 fully saturated rings. The van der Waals surface area contributed by atoms with Crippen LogP contribution >= 0.6 is 0 Å². The van der Waals surface area contributed by atoms with E-state index in [9.17, 15) is 20.0 Å². The van der Waals surface area contributed by atoms with Crippen LogP contribution in [0.3, 0.4) is 0 Å². The number of benzene rings is 1. The van der Waals surface area contributed by atoms with Crippen molar-refractivity contribution in [3.63, 3.8) is 0 Å². The summed E-state index contributed by atoms with van der Waals surface area (Å²) in [4.78, 5) is 25.8. The summed E-state index contributed by atoms with van der Waals surface area (Å²) in [7, 11) is 0. The maximum absolute atomic E-state index is 11.2. The number of non-ortho nitro benzene ring substituents is 1. The van der Waals surface area contributed by atoms with E-state index in [1.54, 1.807) is 18.3 Å². The normalized spacial score (nSPS) is 10.7. The lowest BCUT2D eigenvalue weighted by Gasteiger charge is -2.00. The molecule has 0 aliphatic carbocycles. The molecule has 0 saturated carbocycles. The molecule has 22 heavy (non-hydrogen) atoms. The second-order valence-corrected chi connectivity index (χ2v) is 4.57. The Bertz CT molecular complexity index is 916. The molecule has 110 valence electrons. The minimum Gasteiger partial charge on any atom is -0.478 e. The molecule has 3 aromatic rings. The first kappa shape index (κ1) is 13.6. The number of nitrogens with two attached hydrogens (primary N) is 1. The fourth-order valence-electron chi connectivity index (χ4n) is 2.23. The molecule has 2 aromatic heterocycles. The van der Waals surface area contributed by atoms with E-state index in [2.05, 4.69) is 4.98 Å². The summed E-state index contributed by atoms with van der Waals surface area (Å²) in [5.41, 5.74) is 6.86. The van der Waals surface area contributed by atoms with Crippen molar-refractivity contribution in [3.8, 4) is 11.3 Å². The smallest absolute Gasteiger partial charge is 0.339 e. The molecule has 0 spiro atoms. The Labute approximate surface area is 123 Å². The second kappa shape index (κ2) is 4.85. The molecule has 2 heterocycles. The van der Waals surface area contributed by atoms with E-state index < -0.39 is 10.9 Å². The van der Waals surface area contributed by atoms with Crippen LogP contribution in [0, 0.1) is 10.1 Å². The summed E-state index contributed by atoms with van der Waals surface area (Å²) < 4.78 is 1.44. The van der Waals surface area contributed by atoms with Gasteiger partial charge in [0.2, 0.25) is 0 Å². The number of nitro benzene ring substituents is 1. The van der Waals surface area contributed by atoms with Crippen molar-refractivity contribution in [3.05, 3.63) is 58.3 Å². The Kier molecular flexibility index (Phi) is 2.99. The predicted octanol–water partition coefficient (Wildman–Crippen LogP) is 2.19. The third kappa shape index (κ3) is 2.03. The molecule has 3 rings (SSSR count). The predicted molar refractivity (Wildman–Crippen MR) is 78.7 cm³/mol. The average molecular weight is 298 g/mol. The number of carboxylic acids is 1. The molecule has 8 heteroatoms. The average Bonchev–Trinajstić information content (AvgIpc) is 2.84. The SMILES string of the molecule is Nc1c(-c2cccc([N+](=O)[O-])c2)nc2c(C(=O)O)cccn12. The zero-order valence-corrected chi connectivity index (χ0v) is 11.1. The highest BCUT2D eigenvalue weighted by molar-refractivity contribution is 5.95. The molecule has 3 N–H and O–H groups in total. The molecule has 8 nitrogen and oxygen atoms in total. The minimum absolute atomic E-state index is 0.00545. The van der Waals surface area contributed by atoms with E-state index in [0.29, 0.717) is 11.3 Å². The second-order valence-electron chi connectivity index (χ2n) is 4.57. The highest BCUT2D eigenvalue weighted by atomic mass is 16.6. The molecule has 0 bridgehead atoms. The van der Waals surface area contributed by atoms with Crippen LogP contribution in [0.2, 0.25) is 0 Å². The van der Waals surface area contributed by atoms with Gasteiger partial charge in [0.1, 0.15) is 17.1 Å². The van der Waals surface area contributed by atoms with E-state index in [0.717, 1.165) is 0 Å². The number of imidazole rings is 1. The number of aromatic carboxylic acids is 1. The summed E-state index contributed by atoms with van der Waals surface area (Å²) in [6, 6.07) is 8.82. The van der Waals surface area contributed by atoms with Gasteiger partial charge < -0.3 is 10.8 Å². The third-order valence-electron chi connectivity index (χ3n) is 3.25. The van der Waals surface area contributed by atoms with Gasteiger partial charge in [0, 0.05) is 23.9 Å². The largest absolute Gasteiger partial charge is 0.478 e. The van der Waals surface area contributed by atoms with Gasteiger partial charge in [0.15, 0.2) is 5.65 Å². The van der Waals surface area contributed by atoms with E-state index in [-0.39, 0.29) is 22.7 Å². The Morgan fingerprint density at radius 2 is 2.09 bits per heavy atom. The van der Waals surface area contributed by atoms with Crippen LogP contribution in [-0.2, 0) is 0 Å². The van der Waals surface area contributed by atoms with Gasteiger partial charge in [-0.2, -0.15) is 0 Å². The Morgan fingerprint density at radius 1 is 1.32 bits per heavy atom. The first-order valence-electron chi connectivity index (χ1n) is 6.23. The molecule has 1 aromatic carbocycles. The van der Waals surface area contributed by atoms with Gasteiger partial charge in [-0.05, 0) is 12.1 Å². The van der Waals surface area contributed by atoms with Gasteiger partial charge in [-0.15, -0.1) is 0 Å². The van der Waals surface area contributed by atoms with Gasteiger partial charge in [0.25, 0.3) is 5.69 Å². The Hall–Kier alpha value is -3.42. The lowest BCUT2D eigenvalue weighted by Crippen LogP contribution is -2.01. The minimum atomic E-state index is -1.12. The van der Waals surface area contributed by atoms with Crippen molar-refractivity contribution in [2.45, 2.75) is 0 Å². The van der Waals surface area contributed by atoms with Crippen LogP contribution in [0.15, 0.2) is 42.6 Å². The van der Waals surface area contributed by atoms with Gasteiger partial charge >= 0.3 is 5.97 Å². The third-order valence-corrected chi connectivity index (χ3v) is 3.25.